The molecule has 1 aliphatic carbocycles. The third kappa shape index (κ3) is 1.84. The van der Waals surface area contributed by atoms with Crippen LogP contribution in [0.15, 0.2) is 12.1 Å². The summed E-state index contributed by atoms with van der Waals surface area (Å²) in [5.74, 6) is 0.971. The summed E-state index contributed by atoms with van der Waals surface area (Å²) >= 11 is 6.00. The van der Waals surface area contributed by atoms with Gasteiger partial charge in [-0.25, -0.2) is 0 Å². The highest BCUT2D eigenvalue weighted by molar-refractivity contribution is 7.38. The van der Waals surface area contributed by atoms with Gasteiger partial charge >= 0.3 is 0 Å². The second kappa shape index (κ2) is 4.32. The Morgan fingerprint density at radius 2 is 1.72 bits per heavy atom. The van der Waals surface area contributed by atoms with Crippen LogP contribution in [0.4, 0.5) is 0 Å². The van der Waals surface area contributed by atoms with Gasteiger partial charge in [0.05, 0.1) is 9.40 Å². The van der Waals surface area contributed by atoms with Crippen molar-refractivity contribution in [1.82, 2.24) is 0 Å². The van der Waals surface area contributed by atoms with E-state index >= 15 is 0 Å². The average Bonchev–Trinajstić information content (AvgIpc) is 3.02. The second-order valence-corrected chi connectivity index (χ2v) is 8.89. The summed E-state index contributed by atoms with van der Waals surface area (Å²) in [4.78, 5) is 3.07. The molecule has 0 amide bonds. The van der Waals surface area contributed by atoms with Crippen LogP contribution in [0.3, 0.4) is 0 Å². The Balaban J connectivity index is 1.73. The van der Waals surface area contributed by atoms with E-state index in [1.165, 1.54) is 51.1 Å². The molecule has 1 fully saturated rings. The van der Waals surface area contributed by atoms with E-state index in [0.717, 1.165) is 5.92 Å². The Morgan fingerprint density at radius 3 is 2.56 bits per heavy atom. The fraction of sp³-hybridized carbons (Fsp3) is 0.467. The predicted octanol–water partition coefficient (Wildman–Crippen LogP) is 6.22. The summed E-state index contributed by atoms with van der Waals surface area (Å²) < 4.78 is 6.11. The molecule has 3 heterocycles. The first-order valence-corrected chi connectivity index (χ1v) is 9.16. The Kier molecular flexibility index (Phi) is 2.75. The zero-order valence-corrected chi connectivity index (χ0v) is 12.9. The Labute approximate surface area is 119 Å². The molecule has 0 saturated heterocycles. The lowest BCUT2D eigenvalue weighted by molar-refractivity contribution is 0.551. The summed E-state index contributed by atoms with van der Waals surface area (Å²) in [5.41, 5.74) is 0. The maximum absolute atomic E-state index is 2.46. The van der Waals surface area contributed by atoms with Gasteiger partial charge in [-0.2, -0.15) is 0 Å². The smallest absolute Gasteiger partial charge is 0.0632 e. The van der Waals surface area contributed by atoms with Crippen molar-refractivity contribution in [2.24, 2.45) is 5.92 Å². The van der Waals surface area contributed by atoms with Crippen molar-refractivity contribution in [3.63, 3.8) is 0 Å². The van der Waals surface area contributed by atoms with Gasteiger partial charge in [0, 0.05) is 19.2 Å². The maximum atomic E-state index is 2.46. The highest BCUT2D eigenvalue weighted by atomic mass is 32.1. The molecule has 0 atom stereocenters. The quantitative estimate of drug-likeness (QED) is 0.526. The molecule has 94 valence electrons. The molecule has 4 rings (SSSR count). The lowest BCUT2D eigenvalue weighted by Gasteiger charge is -2.05. The van der Waals surface area contributed by atoms with Gasteiger partial charge in [-0.1, -0.05) is 25.7 Å². The van der Waals surface area contributed by atoms with Crippen LogP contribution < -0.4 is 0 Å². The van der Waals surface area contributed by atoms with Gasteiger partial charge < -0.3 is 0 Å². The van der Waals surface area contributed by atoms with Crippen LogP contribution in [0, 0.1) is 12.8 Å². The number of hydrogen-bond donors (Lipinski definition) is 0. The molecule has 18 heavy (non-hydrogen) atoms. The zero-order chi connectivity index (χ0) is 12.1. The van der Waals surface area contributed by atoms with Crippen molar-refractivity contribution in [2.75, 3.05) is 0 Å². The van der Waals surface area contributed by atoms with E-state index in [1.54, 1.807) is 9.58 Å². The minimum Gasteiger partial charge on any atom is -0.138 e. The van der Waals surface area contributed by atoms with E-state index in [9.17, 15) is 0 Å². The summed E-state index contributed by atoms with van der Waals surface area (Å²) in [6, 6.07) is 4.80. The molecule has 0 aromatic carbocycles. The largest absolute Gasteiger partial charge is 0.138 e. The molecular weight excluding hydrogens is 276 g/mol. The SMILES string of the molecule is Cc1cc2sc3cc(CC4CCCC4)sc3c2s1. The highest BCUT2D eigenvalue weighted by Crippen LogP contribution is 2.44. The molecule has 0 bridgehead atoms. The first-order valence-electron chi connectivity index (χ1n) is 6.71. The van der Waals surface area contributed by atoms with Crippen molar-refractivity contribution < 1.29 is 0 Å². The molecule has 3 heteroatoms. The fourth-order valence-electron chi connectivity index (χ4n) is 3.10. The molecule has 3 aromatic rings. The first-order chi connectivity index (χ1) is 8.79. The Bertz CT molecular complexity index is 692. The predicted molar refractivity (Wildman–Crippen MR) is 85.5 cm³/mol. The van der Waals surface area contributed by atoms with Gasteiger partial charge in [0.25, 0.3) is 0 Å². The summed E-state index contributed by atoms with van der Waals surface area (Å²) in [7, 11) is 0. The van der Waals surface area contributed by atoms with E-state index in [0.29, 0.717) is 0 Å². The third-order valence-corrected chi connectivity index (χ3v) is 7.68. The standard InChI is InChI=1S/C15H16S3/c1-9-6-12-14(16-9)15-13(18-12)8-11(17-15)7-10-4-2-3-5-10/h6,8,10H,2-5,7H2,1H3. The molecule has 3 aromatic heterocycles. The van der Waals surface area contributed by atoms with Gasteiger partial charge in [0.15, 0.2) is 0 Å². The molecule has 0 nitrogen and oxygen atoms in total. The fourth-order valence-corrected chi connectivity index (χ4v) is 7.17. The van der Waals surface area contributed by atoms with Crippen molar-refractivity contribution >= 4 is 52.8 Å². The first kappa shape index (κ1) is 11.4. The molecule has 1 aliphatic rings. The van der Waals surface area contributed by atoms with Crippen LogP contribution in [-0.4, -0.2) is 0 Å². The number of aryl methyl sites for hydroxylation is 1. The normalized spacial score (nSPS) is 17.4. The lowest BCUT2D eigenvalue weighted by Crippen LogP contribution is -1.95. The van der Waals surface area contributed by atoms with E-state index < -0.39 is 0 Å². The third-order valence-electron chi connectivity index (χ3n) is 3.96. The van der Waals surface area contributed by atoms with Gasteiger partial charge in [-0.05, 0) is 31.4 Å². The maximum Gasteiger partial charge on any atom is 0.0632 e. The van der Waals surface area contributed by atoms with Crippen molar-refractivity contribution in [3.8, 4) is 0 Å². The van der Waals surface area contributed by atoms with Gasteiger partial charge in [0.2, 0.25) is 0 Å². The van der Waals surface area contributed by atoms with Crippen molar-refractivity contribution in [2.45, 2.75) is 39.0 Å². The van der Waals surface area contributed by atoms with E-state index in [1.807, 2.05) is 22.7 Å². The van der Waals surface area contributed by atoms with Crippen LogP contribution >= 0.6 is 34.0 Å². The number of thiophene rings is 3. The minimum absolute atomic E-state index is 0.971. The molecule has 0 unspecified atom stereocenters. The van der Waals surface area contributed by atoms with E-state index in [4.69, 9.17) is 0 Å². The van der Waals surface area contributed by atoms with Gasteiger partial charge in [-0.15, -0.1) is 34.0 Å². The van der Waals surface area contributed by atoms with E-state index in [-0.39, 0.29) is 0 Å². The average molecular weight is 292 g/mol. The summed E-state index contributed by atoms with van der Waals surface area (Å²) in [5, 5.41) is 0. The molecule has 0 N–H and O–H groups in total. The molecule has 0 spiro atoms. The minimum atomic E-state index is 0.971. The van der Waals surface area contributed by atoms with Gasteiger partial charge in [0.1, 0.15) is 0 Å². The Morgan fingerprint density at radius 1 is 1.00 bits per heavy atom. The molecule has 0 radical (unpaired) electrons. The zero-order valence-electron chi connectivity index (χ0n) is 10.5. The monoisotopic (exact) mass is 292 g/mol. The molecule has 1 saturated carbocycles. The van der Waals surface area contributed by atoms with Crippen LogP contribution in [-0.2, 0) is 6.42 Å². The number of fused-ring (bicyclic) bond motifs is 3. The Hall–Kier alpha value is -0.380. The summed E-state index contributed by atoms with van der Waals surface area (Å²) in [6.45, 7) is 2.22. The van der Waals surface area contributed by atoms with Crippen LogP contribution in [0.25, 0.3) is 18.8 Å². The molecule has 0 aliphatic heterocycles. The number of hydrogen-bond acceptors (Lipinski definition) is 3. The van der Waals surface area contributed by atoms with Crippen molar-refractivity contribution in [3.05, 3.63) is 21.9 Å². The van der Waals surface area contributed by atoms with Crippen LogP contribution in [0.2, 0.25) is 0 Å². The number of rotatable bonds is 2. The highest BCUT2D eigenvalue weighted by Gasteiger charge is 2.18. The van der Waals surface area contributed by atoms with Crippen LogP contribution in [0.5, 0.6) is 0 Å². The summed E-state index contributed by atoms with van der Waals surface area (Å²) in [6.07, 6.45) is 7.16. The van der Waals surface area contributed by atoms with Crippen LogP contribution in [0.1, 0.15) is 35.4 Å². The van der Waals surface area contributed by atoms with E-state index in [2.05, 4.69) is 30.4 Å². The topological polar surface area (TPSA) is 0 Å². The second-order valence-electron chi connectivity index (χ2n) is 5.41. The lowest BCUT2D eigenvalue weighted by atomic mass is 10.0. The van der Waals surface area contributed by atoms with Gasteiger partial charge in [-0.3, -0.25) is 0 Å². The van der Waals surface area contributed by atoms with Crippen molar-refractivity contribution in [1.29, 1.82) is 0 Å². The molecular formula is C15H16S3.